The van der Waals surface area contributed by atoms with E-state index < -0.39 is 4.92 Å². The van der Waals surface area contributed by atoms with Crippen LogP contribution in [0.3, 0.4) is 0 Å². The Morgan fingerprint density at radius 2 is 1.84 bits per heavy atom. The Balaban J connectivity index is 1.95. The van der Waals surface area contributed by atoms with Gasteiger partial charge in [-0.1, -0.05) is 55.8 Å². The van der Waals surface area contributed by atoms with E-state index in [1.807, 2.05) is 18.2 Å². The lowest BCUT2D eigenvalue weighted by Crippen LogP contribution is -2.27. The molecule has 6 heteroatoms. The minimum Gasteiger partial charge on any atom is -0.369 e. The van der Waals surface area contributed by atoms with E-state index in [9.17, 15) is 10.1 Å². The molecular formula is C19H18ClN3O2. The van der Waals surface area contributed by atoms with Crippen molar-refractivity contribution in [1.29, 1.82) is 0 Å². The molecule has 0 spiro atoms. The van der Waals surface area contributed by atoms with Crippen molar-refractivity contribution in [2.75, 3.05) is 11.9 Å². The molecule has 128 valence electrons. The maximum atomic E-state index is 11.3. The average Bonchev–Trinajstić information content (AvgIpc) is 2.60. The molecule has 1 aromatic heterocycles. The standard InChI is InChI=1S/C19H18ClN3O2/c1-19(2,13-6-4-3-5-7-13)12-22-18-15-8-9-16(20)17(23(24)25)14(15)10-11-21-18/h3-11H,12H2,1-2H3,(H,21,22). The predicted octanol–water partition coefficient (Wildman–Crippen LogP) is 5.19. The summed E-state index contributed by atoms with van der Waals surface area (Å²) in [7, 11) is 0. The van der Waals surface area contributed by atoms with Gasteiger partial charge >= 0.3 is 0 Å². The van der Waals surface area contributed by atoms with E-state index in [-0.39, 0.29) is 16.1 Å². The lowest BCUT2D eigenvalue weighted by molar-refractivity contribution is -0.382. The van der Waals surface area contributed by atoms with Crippen molar-refractivity contribution in [2.24, 2.45) is 0 Å². The van der Waals surface area contributed by atoms with Crippen molar-refractivity contribution < 1.29 is 4.92 Å². The lowest BCUT2D eigenvalue weighted by atomic mass is 9.84. The van der Waals surface area contributed by atoms with Gasteiger partial charge in [0.2, 0.25) is 0 Å². The summed E-state index contributed by atoms with van der Waals surface area (Å²) in [4.78, 5) is 15.2. The van der Waals surface area contributed by atoms with Crippen molar-refractivity contribution in [1.82, 2.24) is 4.98 Å². The van der Waals surface area contributed by atoms with E-state index in [1.54, 1.807) is 18.3 Å². The molecule has 0 bridgehead atoms. The molecule has 1 N–H and O–H groups in total. The molecule has 1 heterocycles. The number of nitrogens with one attached hydrogen (secondary N) is 1. The molecule has 0 atom stereocenters. The largest absolute Gasteiger partial charge is 0.369 e. The first-order valence-electron chi connectivity index (χ1n) is 7.91. The third-order valence-electron chi connectivity index (χ3n) is 4.30. The van der Waals surface area contributed by atoms with Gasteiger partial charge < -0.3 is 5.32 Å². The topological polar surface area (TPSA) is 68.1 Å². The number of aromatic nitrogens is 1. The lowest BCUT2D eigenvalue weighted by Gasteiger charge is -2.26. The van der Waals surface area contributed by atoms with Crippen LogP contribution in [0.5, 0.6) is 0 Å². The number of halogens is 1. The number of benzene rings is 2. The van der Waals surface area contributed by atoms with Crippen LogP contribution < -0.4 is 5.32 Å². The van der Waals surface area contributed by atoms with Crippen LogP contribution in [0.15, 0.2) is 54.7 Å². The molecule has 0 aliphatic carbocycles. The highest BCUT2D eigenvalue weighted by Gasteiger charge is 2.22. The molecule has 0 saturated carbocycles. The number of pyridine rings is 1. The normalized spacial score (nSPS) is 11.5. The smallest absolute Gasteiger partial charge is 0.295 e. The van der Waals surface area contributed by atoms with E-state index in [0.29, 0.717) is 23.1 Å². The van der Waals surface area contributed by atoms with Gasteiger partial charge in [-0.25, -0.2) is 4.98 Å². The van der Waals surface area contributed by atoms with Crippen LogP contribution in [-0.4, -0.2) is 16.5 Å². The first-order valence-corrected chi connectivity index (χ1v) is 8.29. The van der Waals surface area contributed by atoms with Crippen LogP contribution in [0.4, 0.5) is 11.5 Å². The van der Waals surface area contributed by atoms with Crippen LogP contribution in [0.1, 0.15) is 19.4 Å². The summed E-state index contributed by atoms with van der Waals surface area (Å²) in [6.07, 6.45) is 1.56. The zero-order valence-electron chi connectivity index (χ0n) is 14.0. The second-order valence-corrected chi connectivity index (χ2v) is 6.92. The van der Waals surface area contributed by atoms with Gasteiger partial charge in [-0.15, -0.1) is 0 Å². The summed E-state index contributed by atoms with van der Waals surface area (Å²) < 4.78 is 0. The molecule has 0 aliphatic rings. The molecule has 0 saturated heterocycles. The average molecular weight is 356 g/mol. The van der Waals surface area contributed by atoms with E-state index in [0.717, 1.165) is 0 Å². The second-order valence-electron chi connectivity index (χ2n) is 6.51. The van der Waals surface area contributed by atoms with Crippen molar-refractivity contribution in [3.05, 3.63) is 75.4 Å². The fourth-order valence-corrected chi connectivity index (χ4v) is 3.07. The van der Waals surface area contributed by atoms with Gasteiger partial charge in [-0.2, -0.15) is 0 Å². The Hall–Kier alpha value is -2.66. The molecule has 0 fully saturated rings. The van der Waals surface area contributed by atoms with Gasteiger partial charge in [0.15, 0.2) is 0 Å². The summed E-state index contributed by atoms with van der Waals surface area (Å²) in [6, 6.07) is 15.1. The highest BCUT2D eigenvalue weighted by Crippen LogP contribution is 2.35. The first kappa shape index (κ1) is 17.2. The molecule has 25 heavy (non-hydrogen) atoms. The van der Waals surface area contributed by atoms with Gasteiger partial charge in [0.1, 0.15) is 10.8 Å². The Labute approximate surface area is 150 Å². The number of anilines is 1. The van der Waals surface area contributed by atoms with E-state index in [4.69, 9.17) is 11.6 Å². The second kappa shape index (κ2) is 6.69. The molecule has 0 radical (unpaired) electrons. The number of hydrogen-bond acceptors (Lipinski definition) is 4. The van der Waals surface area contributed by atoms with E-state index in [1.165, 1.54) is 11.6 Å². The third-order valence-corrected chi connectivity index (χ3v) is 4.61. The minimum atomic E-state index is -0.456. The molecule has 0 unspecified atom stereocenters. The van der Waals surface area contributed by atoms with Crippen LogP contribution in [0.2, 0.25) is 5.02 Å². The highest BCUT2D eigenvalue weighted by atomic mass is 35.5. The molecule has 3 aromatic rings. The number of nitro benzene ring substituents is 1. The van der Waals surface area contributed by atoms with Crippen LogP contribution in [-0.2, 0) is 5.41 Å². The fraction of sp³-hybridized carbons (Fsp3) is 0.211. The van der Waals surface area contributed by atoms with Gasteiger partial charge in [0.05, 0.1) is 10.3 Å². The van der Waals surface area contributed by atoms with E-state index >= 15 is 0 Å². The minimum absolute atomic E-state index is 0.0908. The van der Waals surface area contributed by atoms with Crippen molar-refractivity contribution in [3.63, 3.8) is 0 Å². The Morgan fingerprint density at radius 1 is 1.12 bits per heavy atom. The van der Waals surface area contributed by atoms with Gasteiger partial charge in [0, 0.05) is 23.5 Å². The summed E-state index contributed by atoms with van der Waals surface area (Å²) >= 11 is 6.00. The number of fused-ring (bicyclic) bond motifs is 1. The number of rotatable bonds is 5. The maximum Gasteiger partial charge on any atom is 0.295 e. The van der Waals surface area contributed by atoms with Crippen molar-refractivity contribution in [2.45, 2.75) is 19.3 Å². The van der Waals surface area contributed by atoms with Crippen molar-refractivity contribution in [3.8, 4) is 0 Å². The number of nitrogens with zero attached hydrogens (tertiary/aromatic N) is 2. The molecule has 0 aliphatic heterocycles. The van der Waals surface area contributed by atoms with Gasteiger partial charge in [-0.05, 0) is 23.8 Å². The zero-order chi connectivity index (χ0) is 18.0. The van der Waals surface area contributed by atoms with Crippen LogP contribution in [0, 0.1) is 10.1 Å². The van der Waals surface area contributed by atoms with Crippen molar-refractivity contribution >= 4 is 33.9 Å². The molecule has 5 nitrogen and oxygen atoms in total. The first-order chi connectivity index (χ1) is 11.9. The Morgan fingerprint density at radius 3 is 2.52 bits per heavy atom. The zero-order valence-corrected chi connectivity index (χ0v) is 14.7. The van der Waals surface area contributed by atoms with Crippen LogP contribution >= 0.6 is 11.6 Å². The molecule has 2 aromatic carbocycles. The summed E-state index contributed by atoms with van der Waals surface area (Å²) in [5.41, 5.74) is 0.993. The summed E-state index contributed by atoms with van der Waals surface area (Å²) in [5, 5.41) is 16.0. The Bertz CT molecular complexity index is 927. The molecule has 0 amide bonds. The van der Waals surface area contributed by atoms with Crippen LogP contribution in [0.25, 0.3) is 10.8 Å². The molecular weight excluding hydrogens is 338 g/mol. The third kappa shape index (κ3) is 3.42. The predicted molar refractivity (Wildman–Crippen MR) is 101 cm³/mol. The highest BCUT2D eigenvalue weighted by molar-refractivity contribution is 6.34. The number of hydrogen-bond donors (Lipinski definition) is 1. The van der Waals surface area contributed by atoms with Gasteiger partial charge in [0.25, 0.3) is 5.69 Å². The summed E-state index contributed by atoms with van der Waals surface area (Å²) in [5.74, 6) is 0.612. The van der Waals surface area contributed by atoms with Gasteiger partial charge in [-0.3, -0.25) is 10.1 Å². The maximum absolute atomic E-state index is 11.3. The number of nitro groups is 1. The summed E-state index contributed by atoms with van der Waals surface area (Å²) in [6.45, 7) is 4.92. The quantitative estimate of drug-likeness (QED) is 0.505. The van der Waals surface area contributed by atoms with E-state index in [2.05, 4.69) is 36.3 Å². The fourth-order valence-electron chi connectivity index (χ4n) is 2.84. The molecule has 3 rings (SSSR count). The Kier molecular flexibility index (Phi) is 4.59. The SMILES string of the molecule is CC(C)(CNc1nccc2c([N+](=O)[O-])c(Cl)ccc12)c1ccccc1. The monoisotopic (exact) mass is 355 g/mol.